The first-order chi connectivity index (χ1) is 8.93. The Hall–Kier alpha value is -1.46. The second kappa shape index (κ2) is 7.21. The van der Waals surface area contributed by atoms with E-state index in [2.05, 4.69) is 24.1 Å². The number of anilines is 1. The predicted octanol–water partition coefficient (Wildman–Crippen LogP) is 1.99. The van der Waals surface area contributed by atoms with Gasteiger partial charge in [0.15, 0.2) is 0 Å². The molecule has 5 heteroatoms. The number of thiocarbonyl (C=S) groups is 1. The molecule has 0 aliphatic rings. The van der Waals surface area contributed by atoms with Crippen molar-refractivity contribution < 1.29 is 4.79 Å². The van der Waals surface area contributed by atoms with Gasteiger partial charge in [0, 0.05) is 17.3 Å². The molecule has 1 amide bonds. The Morgan fingerprint density at radius 3 is 2.68 bits per heavy atom. The largest absolute Gasteiger partial charge is 0.389 e. The third-order valence-corrected chi connectivity index (χ3v) is 3.15. The third kappa shape index (κ3) is 4.96. The molecule has 0 fully saturated rings. The van der Waals surface area contributed by atoms with Gasteiger partial charge >= 0.3 is 0 Å². The molecular weight excluding hydrogens is 258 g/mol. The van der Waals surface area contributed by atoms with E-state index >= 15 is 0 Å². The molecule has 0 saturated carbocycles. The van der Waals surface area contributed by atoms with Gasteiger partial charge in [-0.1, -0.05) is 31.3 Å². The van der Waals surface area contributed by atoms with Gasteiger partial charge < -0.3 is 11.1 Å². The van der Waals surface area contributed by atoms with Crippen molar-refractivity contribution in [2.45, 2.75) is 26.8 Å². The van der Waals surface area contributed by atoms with Gasteiger partial charge in [-0.15, -0.1) is 0 Å². The Kier molecular flexibility index (Phi) is 5.92. The van der Waals surface area contributed by atoms with Crippen LogP contribution in [-0.4, -0.2) is 34.9 Å². The van der Waals surface area contributed by atoms with Crippen LogP contribution in [0.2, 0.25) is 0 Å². The maximum Gasteiger partial charge on any atom is 0.238 e. The minimum atomic E-state index is -0.0318. The summed E-state index contributed by atoms with van der Waals surface area (Å²) in [4.78, 5) is 14.4. The number of hydrogen-bond acceptors (Lipinski definition) is 3. The maximum absolute atomic E-state index is 12.0. The first-order valence-electron chi connectivity index (χ1n) is 6.37. The van der Waals surface area contributed by atoms with E-state index in [1.165, 1.54) is 0 Å². The number of nitrogens with zero attached hydrogens (tertiary/aromatic N) is 1. The van der Waals surface area contributed by atoms with Gasteiger partial charge in [-0.2, -0.15) is 0 Å². The fraction of sp³-hybridized carbons (Fsp3) is 0.429. The second-order valence-electron chi connectivity index (χ2n) is 4.65. The van der Waals surface area contributed by atoms with Crippen molar-refractivity contribution in [2.75, 3.05) is 18.4 Å². The highest BCUT2D eigenvalue weighted by molar-refractivity contribution is 7.80. The maximum atomic E-state index is 12.0. The molecule has 0 bridgehead atoms. The predicted molar refractivity (Wildman–Crippen MR) is 83.3 cm³/mol. The summed E-state index contributed by atoms with van der Waals surface area (Å²) in [7, 11) is 0. The lowest BCUT2D eigenvalue weighted by molar-refractivity contribution is -0.117. The fourth-order valence-corrected chi connectivity index (χ4v) is 1.92. The summed E-state index contributed by atoms with van der Waals surface area (Å²) in [6, 6.07) is 7.60. The summed E-state index contributed by atoms with van der Waals surface area (Å²) >= 11 is 4.92. The Labute approximate surface area is 120 Å². The molecule has 4 nitrogen and oxygen atoms in total. The molecule has 3 N–H and O–H groups in total. The van der Waals surface area contributed by atoms with Crippen LogP contribution in [0.4, 0.5) is 5.69 Å². The average Bonchev–Trinajstić information content (AvgIpc) is 2.35. The van der Waals surface area contributed by atoms with Gasteiger partial charge in [0.25, 0.3) is 0 Å². The van der Waals surface area contributed by atoms with Crippen molar-refractivity contribution in [2.24, 2.45) is 5.73 Å². The lowest BCUT2D eigenvalue weighted by Gasteiger charge is -2.23. The molecular formula is C14H21N3OS. The number of likely N-dealkylation sites (N-methyl/N-ethyl adjacent to an activating group) is 1. The number of nitrogens with one attached hydrogen (secondary N) is 1. The Bertz CT molecular complexity index is 460. The molecule has 0 aliphatic carbocycles. The Balaban J connectivity index is 2.66. The van der Waals surface area contributed by atoms with Crippen LogP contribution in [0.1, 0.15) is 26.3 Å². The smallest absolute Gasteiger partial charge is 0.238 e. The molecule has 0 atom stereocenters. The molecule has 0 radical (unpaired) electrons. The molecule has 0 unspecified atom stereocenters. The second-order valence-corrected chi connectivity index (χ2v) is 5.09. The zero-order chi connectivity index (χ0) is 14.4. The van der Waals surface area contributed by atoms with Crippen molar-refractivity contribution in [1.82, 2.24) is 4.90 Å². The van der Waals surface area contributed by atoms with Crippen molar-refractivity contribution in [3.8, 4) is 0 Å². The van der Waals surface area contributed by atoms with Crippen LogP contribution in [0.25, 0.3) is 0 Å². The van der Waals surface area contributed by atoms with Gasteiger partial charge in [-0.05, 0) is 32.5 Å². The number of amides is 1. The lowest BCUT2D eigenvalue weighted by Crippen LogP contribution is -2.37. The number of nitrogens with two attached hydrogens (primary N) is 1. The minimum absolute atomic E-state index is 0.0318. The first kappa shape index (κ1) is 15.6. The molecule has 104 valence electrons. The van der Waals surface area contributed by atoms with Gasteiger partial charge in [0.2, 0.25) is 5.91 Å². The highest BCUT2D eigenvalue weighted by Gasteiger charge is 2.12. The summed E-state index contributed by atoms with van der Waals surface area (Å²) in [5.41, 5.74) is 7.04. The van der Waals surface area contributed by atoms with Crippen LogP contribution < -0.4 is 11.1 Å². The monoisotopic (exact) mass is 279 g/mol. The van der Waals surface area contributed by atoms with E-state index in [0.29, 0.717) is 17.6 Å². The molecule has 0 heterocycles. The van der Waals surface area contributed by atoms with Crippen LogP contribution in [0.3, 0.4) is 0 Å². The number of carbonyl (C=O) groups excluding carboxylic acids is 1. The summed E-state index contributed by atoms with van der Waals surface area (Å²) in [5.74, 6) is -0.0318. The molecule has 1 aromatic carbocycles. The number of hydrogen-bond donors (Lipinski definition) is 2. The molecule has 0 aromatic heterocycles. The third-order valence-electron chi connectivity index (χ3n) is 2.91. The van der Waals surface area contributed by atoms with Crippen LogP contribution in [0.15, 0.2) is 24.3 Å². The summed E-state index contributed by atoms with van der Waals surface area (Å²) in [6.07, 6.45) is 0. The van der Waals surface area contributed by atoms with E-state index in [1.807, 2.05) is 25.1 Å². The van der Waals surface area contributed by atoms with E-state index in [1.54, 1.807) is 6.07 Å². The van der Waals surface area contributed by atoms with Gasteiger partial charge in [-0.25, -0.2) is 0 Å². The van der Waals surface area contributed by atoms with Crippen LogP contribution in [0.5, 0.6) is 0 Å². The normalized spacial score (nSPS) is 10.8. The van der Waals surface area contributed by atoms with E-state index in [-0.39, 0.29) is 5.91 Å². The molecule has 19 heavy (non-hydrogen) atoms. The van der Waals surface area contributed by atoms with Crippen molar-refractivity contribution >= 4 is 28.8 Å². The molecule has 0 aliphatic heterocycles. The molecule has 1 rings (SSSR count). The zero-order valence-corrected chi connectivity index (χ0v) is 12.5. The quantitative estimate of drug-likeness (QED) is 0.782. The average molecular weight is 279 g/mol. The highest BCUT2D eigenvalue weighted by atomic mass is 32.1. The Morgan fingerprint density at radius 2 is 2.16 bits per heavy atom. The summed E-state index contributed by atoms with van der Waals surface area (Å²) < 4.78 is 0. The fourth-order valence-electron chi connectivity index (χ4n) is 1.79. The zero-order valence-electron chi connectivity index (χ0n) is 11.6. The van der Waals surface area contributed by atoms with Crippen LogP contribution in [-0.2, 0) is 4.79 Å². The molecule has 0 saturated heterocycles. The van der Waals surface area contributed by atoms with Gasteiger partial charge in [-0.3, -0.25) is 9.69 Å². The molecule has 0 spiro atoms. The highest BCUT2D eigenvalue weighted by Crippen LogP contribution is 2.11. The minimum Gasteiger partial charge on any atom is -0.389 e. The summed E-state index contributed by atoms with van der Waals surface area (Å²) in [5, 5.41) is 2.86. The topological polar surface area (TPSA) is 58.4 Å². The van der Waals surface area contributed by atoms with Crippen molar-refractivity contribution in [1.29, 1.82) is 0 Å². The Morgan fingerprint density at radius 1 is 1.47 bits per heavy atom. The van der Waals surface area contributed by atoms with Gasteiger partial charge in [0.1, 0.15) is 4.99 Å². The van der Waals surface area contributed by atoms with Crippen molar-refractivity contribution in [3.05, 3.63) is 29.8 Å². The lowest BCUT2D eigenvalue weighted by atomic mass is 10.2. The standard InChI is InChI=1S/C14H21N3OS/c1-4-17(10(2)3)9-13(18)16-12-7-5-6-11(8-12)14(15)19/h5-8,10H,4,9H2,1-3H3,(H2,15,19)(H,16,18). The van der Waals surface area contributed by atoms with Gasteiger partial charge in [0.05, 0.1) is 6.54 Å². The van der Waals surface area contributed by atoms with E-state index in [9.17, 15) is 4.79 Å². The first-order valence-corrected chi connectivity index (χ1v) is 6.78. The van der Waals surface area contributed by atoms with E-state index in [4.69, 9.17) is 18.0 Å². The van der Waals surface area contributed by atoms with E-state index in [0.717, 1.165) is 17.8 Å². The summed E-state index contributed by atoms with van der Waals surface area (Å²) in [6.45, 7) is 7.42. The SMILES string of the molecule is CCN(CC(=O)Nc1cccc(C(N)=S)c1)C(C)C. The number of benzene rings is 1. The molecule has 1 aromatic rings. The number of carbonyl (C=O) groups is 1. The van der Waals surface area contributed by atoms with Crippen LogP contribution in [0, 0.1) is 0 Å². The number of rotatable bonds is 6. The van der Waals surface area contributed by atoms with E-state index < -0.39 is 0 Å². The van der Waals surface area contributed by atoms with Crippen molar-refractivity contribution in [3.63, 3.8) is 0 Å². The van der Waals surface area contributed by atoms with Crippen LogP contribution >= 0.6 is 12.2 Å².